The Morgan fingerprint density at radius 1 is 1.27 bits per heavy atom. The van der Waals surface area contributed by atoms with Gasteiger partial charge in [0.25, 0.3) is 0 Å². The zero-order valence-corrected chi connectivity index (χ0v) is 17.2. The van der Waals surface area contributed by atoms with E-state index in [1.165, 1.54) is 13.2 Å². The molecular weight excluding hydrogens is 380 g/mol. The molecule has 0 amide bonds. The first-order valence-electron chi connectivity index (χ1n) is 8.90. The van der Waals surface area contributed by atoms with Crippen molar-refractivity contribution in [3.63, 3.8) is 0 Å². The summed E-state index contributed by atoms with van der Waals surface area (Å²) < 4.78 is 50.5. The van der Waals surface area contributed by atoms with Crippen LogP contribution in [-0.4, -0.2) is 21.7 Å². The quantitative estimate of drug-likeness (QED) is 0.726. The zero-order valence-electron chi connectivity index (χ0n) is 15.6. The summed E-state index contributed by atoms with van der Waals surface area (Å²) in [5, 5.41) is -0.0494. The van der Waals surface area contributed by atoms with Crippen LogP contribution in [0.3, 0.4) is 0 Å². The highest BCUT2D eigenvalue weighted by Gasteiger charge is 2.59. The molecule has 0 unspecified atom stereocenters. The second kappa shape index (κ2) is 6.71. The lowest BCUT2D eigenvalue weighted by Gasteiger charge is -2.38. The third-order valence-corrected chi connectivity index (χ3v) is 7.62. The first-order valence-corrected chi connectivity index (χ1v) is 10.4. The lowest BCUT2D eigenvalue weighted by molar-refractivity contribution is 0.175. The average Bonchev–Trinajstić information content (AvgIpc) is 3.08. The summed E-state index contributed by atoms with van der Waals surface area (Å²) in [5.41, 5.74) is -1.35. The van der Waals surface area contributed by atoms with Gasteiger partial charge in [0.2, 0.25) is 0 Å². The fourth-order valence-electron chi connectivity index (χ4n) is 4.29. The number of halogens is 3. The van der Waals surface area contributed by atoms with Gasteiger partial charge < -0.3 is 4.74 Å². The van der Waals surface area contributed by atoms with E-state index in [0.29, 0.717) is 43.4 Å². The van der Waals surface area contributed by atoms with Crippen molar-refractivity contribution < 1.29 is 17.7 Å². The van der Waals surface area contributed by atoms with Gasteiger partial charge >= 0.3 is 0 Å². The molecule has 0 aliphatic heterocycles. The molecular formula is C19H26ClF2NO2S. The Bertz CT molecular complexity index is 727. The van der Waals surface area contributed by atoms with Crippen molar-refractivity contribution in [3.8, 4) is 5.75 Å². The van der Waals surface area contributed by atoms with E-state index in [-0.39, 0.29) is 5.02 Å². The summed E-state index contributed by atoms with van der Waals surface area (Å²) in [5.74, 6) is -0.132. The van der Waals surface area contributed by atoms with E-state index in [9.17, 15) is 13.0 Å². The fourth-order valence-corrected chi connectivity index (χ4v) is 5.45. The van der Waals surface area contributed by atoms with Crippen LogP contribution in [0.15, 0.2) is 12.1 Å². The normalized spacial score (nSPS) is 30.4. The summed E-state index contributed by atoms with van der Waals surface area (Å²) in [6.45, 7) is 5.55. The number of methoxy groups -OCH3 is 1. The maximum Gasteiger partial charge on any atom is 0.146 e. The van der Waals surface area contributed by atoms with Gasteiger partial charge in [0.15, 0.2) is 0 Å². The molecule has 2 aliphatic carbocycles. The molecule has 146 valence electrons. The van der Waals surface area contributed by atoms with Gasteiger partial charge in [0, 0.05) is 11.6 Å². The standard InChI is InChI=1S/C19H26ClF2NO2S/c1-17(2,3)26(24)23-16(18-5-7-19(22,11-18)8-6-18)13-9-12(25-4)10-14(20)15(13)21/h9-10,16,23H,5-8,11H2,1-4H3/t16-,18?,19?,26-/m1/s1. The molecule has 0 radical (unpaired) electrons. The van der Waals surface area contributed by atoms with Crippen LogP contribution < -0.4 is 9.46 Å². The predicted octanol–water partition coefficient (Wildman–Crippen LogP) is 5.25. The minimum absolute atomic E-state index is 0.0494. The van der Waals surface area contributed by atoms with Crippen molar-refractivity contribution in [3.05, 3.63) is 28.5 Å². The fraction of sp³-hybridized carbons (Fsp3) is 0.684. The van der Waals surface area contributed by atoms with Gasteiger partial charge in [-0.25, -0.2) is 17.7 Å². The Kier molecular flexibility index (Phi) is 5.17. The van der Waals surface area contributed by atoms with Gasteiger partial charge in [-0.1, -0.05) is 11.6 Å². The Balaban J connectivity index is 2.08. The van der Waals surface area contributed by atoms with Crippen molar-refractivity contribution in [1.29, 1.82) is 0 Å². The zero-order chi connectivity index (χ0) is 19.3. The highest BCUT2D eigenvalue weighted by Crippen LogP contribution is 2.63. The van der Waals surface area contributed by atoms with Crippen LogP contribution in [-0.2, 0) is 11.0 Å². The summed E-state index contributed by atoms with van der Waals surface area (Å²) in [4.78, 5) is 0. The maximum atomic E-state index is 15.0. The molecule has 0 saturated heterocycles. The van der Waals surface area contributed by atoms with Gasteiger partial charge in [-0.2, -0.15) is 0 Å². The molecule has 1 aromatic carbocycles. The average molecular weight is 406 g/mol. The largest absolute Gasteiger partial charge is 0.497 e. The maximum absolute atomic E-state index is 15.0. The number of alkyl halides is 1. The Morgan fingerprint density at radius 3 is 2.35 bits per heavy atom. The summed E-state index contributed by atoms with van der Waals surface area (Å²) in [6, 6.07) is 2.41. The third kappa shape index (κ3) is 3.52. The second-order valence-electron chi connectivity index (χ2n) is 8.63. The van der Waals surface area contributed by atoms with Crippen LogP contribution in [0.25, 0.3) is 0 Å². The van der Waals surface area contributed by atoms with Gasteiger partial charge in [-0.3, -0.25) is 0 Å². The molecule has 2 fully saturated rings. The molecule has 2 atom stereocenters. The number of hydrogen-bond acceptors (Lipinski definition) is 2. The van der Waals surface area contributed by atoms with E-state index in [4.69, 9.17) is 16.3 Å². The van der Waals surface area contributed by atoms with Gasteiger partial charge in [0.05, 0.1) is 33.9 Å². The third-order valence-electron chi connectivity index (χ3n) is 5.78. The second-order valence-corrected chi connectivity index (χ2v) is 11.0. The number of benzene rings is 1. The van der Waals surface area contributed by atoms with Crippen molar-refractivity contribution in [1.82, 2.24) is 4.72 Å². The topological polar surface area (TPSA) is 38.3 Å². The van der Waals surface area contributed by atoms with Crippen LogP contribution in [0.4, 0.5) is 8.78 Å². The Hall–Kier alpha value is -0.720. The van der Waals surface area contributed by atoms with Crippen LogP contribution >= 0.6 is 11.6 Å². The Labute approximate surface area is 161 Å². The van der Waals surface area contributed by atoms with E-state index >= 15 is 0 Å². The van der Waals surface area contributed by atoms with Crippen LogP contribution in [0.5, 0.6) is 5.75 Å². The molecule has 26 heavy (non-hydrogen) atoms. The molecule has 3 nitrogen and oxygen atoms in total. The molecule has 7 heteroatoms. The predicted molar refractivity (Wildman–Crippen MR) is 101 cm³/mol. The highest BCUT2D eigenvalue weighted by atomic mass is 35.5. The van der Waals surface area contributed by atoms with Gasteiger partial charge in [-0.15, -0.1) is 0 Å². The Morgan fingerprint density at radius 2 is 1.88 bits per heavy atom. The smallest absolute Gasteiger partial charge is 0.146 e. The molecule has 0 aromatic heterocycles. The van der Waals surface area contributed by atoms with Crippen molar-refractivity contribution in [2.24, 2.45) is 5.41 Å². The number of hydrogen-bond donors (Lipinski definition) is 1. The minimum Gasteiger partial charge on any atom is -0.497 e. The van der Waals surface area contributed by atoms with Crippen LogP contribution in [0.2, 0.25) is 5.02 Å². The highest BCUT2D eigenvalue weighted by molar-refractivity contribution is 7.84. The van der Waals surface area contributed by atoms with Crippen molar-refractivity contribution >= 4 is 22.6 Å². The van der Waals surface area contributed by atoms with E-state index < -0.39 is 38.7 Å². The first kappa shape index (κ1) is 20.0. The molecule has 1 N–H and O–H groups in total. The molecule has 2 bridgehead atoms. The number of ether oxygens (including phenoxy) is 1. The molecule has 2 saturated carbocycles. The minimum atomic E-state index is -1.43. The molecule has 2 aliphatic rings. The summed E-state index contributed by atoms with van der Waals surface area (Å²) in [6.07, 6.45) is 2.56. The number of fused-ring (bicyclic) bond motifs is 2. The molecule has 3 rings (SSSR count). The molecule has 0 spiro atoms. The van der Waals surface area contributed by atoms with Gasteiger partial charge in [-0.05, 0) is 64.4 Å². The van der Waals surface area contributed by atoms with E-state index in [0.717, 1.165) is 0 Å². The van der Waals surface area contributed by atoms with Gasteiger partial charge in [0.1, 0.15) is 17.2 Å². The summed E-state index contributed by atoms with van der Waals surface area (Å²) in [7, 11) is 0.0523. The van der Waals surface area contributed by atoms with Crippen molar-refractivity contribution in [2.45, 2.75) is 69.3 Å². The van der Waals surface area contributed by atoms with E-state index in [2.05, 4.69) is 4.72 Å². The SMILES string of the molecule is COc1cc(Cl)c(F)c([C@@H](N[S@](=O)C(C)(C)C)C23CCC(F)(CC2)C3)c1. The number of nitrogens with one attached hydrogen (secondary N) is 1. The molecule has 1 aromatic rings. The summed E-state index contributed by atoms with van der Waals surface area (Å²) >= 11 is 6.07. The molecule has 0 heterocycles. The van der Waals surface area contributed by atoms with Crippen LogP contribution in [0, 0.1) is 11.2 Å². The van der Waals surface area contributed by atoms with Crippen LogP contribution in [0.1, 0.15) is 64.5 Å². The lowest BCUT2D eigenvalue weighted by Crippen LogP contribution is -2.42. The first-order chi connectivity index (χ1) is 12.0. The lowest BCUT2D eigenvalue weighted by atomic mass is 9.75. The van der Waals surface area contributed by atoms with E-state index in [1.807, 2.05) is 20.8 Å². The monoisotopic (exact) mass is 405 g/mol. The van der Waals surface area contributed by atoms with E-state index in [1.54, 1.807) is 6.07 Å². The number of rotatable bonds is 5. The van der Waals surface area contributed by atoms with Crippen molar-refractivity contribution in [2.75, 3.05) is 7.11 Å².